The third-order valence-electron chi connectivity index (χ3n) is 1.64. The predicted molar refractivity (Wildman–Crippen MR) is 50.6 cm³/mol. The van der Waals surface area contributed by atoms with Crippen molar-refractivity contribution in [1.82, 2.24) is 0 Å². The van der Waals surface area contributed by atoms with E-state index in [1.54, 1.807) is 10.8 Å². The minimum atomic E-state index is -1.04. The fourth-order valence-electron chi connectivity index (χ4n) is 0.913. The summed E-state index contributed by atoms with van der Waals surface area (Å²) in [4.78, 5) is 0. The molecular formula is C8H11NO3S. The van der Waals surface area contributed by atoms with Crippen molar-refractivity contribution in [3.63, 3.8) is 0 Å². The van der Waals surface area contributed by atoms with Gasteiger partial charge in [-0.2, -0.15) is 0 Å². The molecule has 0 saturated heterocycles. The largest absolute Gasteiger partial charge is 0.495 e. The number of rotatable bonds is 3. The molecule has 0 saturated carbocycles. The highest BCUT2D eigenvalue weighted by molar-refractivity contribution is 7.08. The van der Waals surface area contributed by atoms with Crippen molar-refractivity contribution >= 4 is 17.2 Å². The van der Waals surface area contributed by atoms with E-state index < -0.39 is 6.10 Å². The molecule has 1 heterocycles. The van der Waals surface area contributed by atoms with Gasteiger partial charge in [-0.1, -0.05) is 0 Å². The van der Waals surface area contributed by atoms with Crippen LogP contribution in [0.4, 0.5) is 0 Å². The van der Waals surface area contributed by atoms with Gasteiger partial charge in [0.1, 0.15) is 5.75 Å². The average Bonchev–Trinajstić information content (AvgIpc) is 2.62. The van der Waals surface area contributed by atoms with Crippen LogP contribution in [0.1, 0.15) is 11.7 Å². The molecule has 1 aromatic heterocycles. The van der Waals surface area contributed by atoms with Crippen LogP contribution in [0.5, 0.6) is 5.75 Å². The summed E-state index contributed by atoms with van der Waals surface area (Å²) in [6, 6.07) is 0. The number of thiophene rings is 1. The molecule has 0 spiro atoms. The van der Waals surface area contributed by atoms with Gasteiger partial charge in [0.15, 0.2) is 6.10 Å². The van der Waals surface area contributed by atoms with E-state index in [1.165, 1.54) is 25.6 Å². The third kappa shape index (κ3) is 1.99. The summed E-state index contributed by atoms with van der Waals surface area (Å²) in [5, 5.41) is 20.3. The van der Waals surface area contributed by atoms with Gasteiger partial charge in [0, 0.05) is 16.3 Å². The third-order valence-corrected chi connectivity index (χ3v) is 2.38. The SMILES string of the molecule is COC(=N)C(O)c1cscc1OC. The number of hydrogen-bond donors (Lipinski definition) is 2. The van der Waals surface area contributed by atoms with Crippen LogP contribution in [0.3, 0.4) is 0 Å². The Kier molecular flexibility index (Phi) is 3.27. The van der Waals surface area contributed by atoms with E-state index in [1.807, 2.05) is 0 Å². The number of aliphatic hydroxyl groups excluding tert-OH is 1. The van der Waals surface area contributed by atoms with E-state index in [0.717, 1.165) is 0 Å². The van der Waals surface area contributed by atoms with Crippen molar-refractivity contribution in [3.8, 4) is 5.75 Å². The summed E-state index contributed by atoms with van der Waals surface area (Å²) in [5.41, 5.74) is 0.569. The van der Waals surface area contributed by atoms with Crippen molar-refractivity contribution in [1.29, 1.82) is 5.41 Å². The molecule has 1 rings (SSSR count). The van der Waals surface area contributed by atoms with Gasteiger partial charge in [-0.3, -0.25) is 5.41 Å². The zero-order valence-corrected chi connectivity index (χ0v) is 8.22. The molecule has 13 heavy (non-hydrogen) atoms. The lowest BCUT2D eigenvalue weighted by molar-refractivity contribution is 0.201. The highest BCUT2D eigenvalue weighted by Gasteiger charge is 2.19. The lowest BCUT2D eigenvalue weighted by atomic mass is 10.2. The maximum Gasteiger partial charge on any atom is 0.214 e. The van der Waals surface area contributed by atoms with Crippen molar-refractivity contribution in [2.75, 3.05) is 14.2 Å². The first-order valence-corrected chi connectivity index (χ1v) is 4.55. The molecule has 0 bridgehead atoms. The molecule has 5 heteroatoms. The van der Waals surface area contributed by atoms with E-state index in [9.17, 15) is 5.11 Å². The Morgan fingerprint density at radius 3 is 2.77 bits per heavy atom. The van der Waals surface area contributed by atoms with Gasteiger partial charge >= 0.3 is 0 Å². The van der Waals surface area contributed by atoms with Crippen LogP contribution in [0.25, 0.3) is 0 Å². The molecule has 0 fully saturated rings. The molecule has 0 aromatic carbocycles. The molecule has 4 nitrogen and oxygen atoms in total. The zero-order valence-electron chi connectivity index (χ0n) is 7.40. The Bertz CT molecular complexity index is 297. The first-order chi connectivity index (χ1) is 6.20. The van der Waals surface area contributed by atoms with Crippen LogP contribution < -0.4 is 4.74 Å². The standard InChI is InChI=1S/C8H11NO3S/c1-11-6-4-13-3-5(6)7(10)8(9)12-2/h3-4,7,9-10H,1-2H3. The summed E-state index contributed by atoms with van der Waals surface area (Å²) in [6.07, 6.45) is -1.04. The van der Waals surface area contributed by atoms with Gasteiger partial charge < -0.3 is 14.6 Å². The molecule has 0 aliphatic carbocycles. The second kappa shape index (κ2) is 4.25. The lowest BCUT2D eigenvalue weighted by Gasteiger charge is -2.10. The number of nitrogens with one attached hydrogen (secondary N) is 1. The molecule has 1 atom stereocenters. The molecule has 0 aliphatic rings. The van der Waals surface area contributed by atoms with Crippen LogP contribution in [0, 0.1) is 5.41 Å². The van der Waals surface area contributed by atoms with Crippen molar-refractivity contribution in [2.45, 2.75) is 6.10 Å². The number of hydrogen-bond acceptors (Lipinski definition) is 5. The van der Waals surface area contributed by atoms with Crippen molar-refractivity contribution in [3.05, 3.63) is 16.3 Å². The first-order valence-electron chi connectivity index (χ1n) is 3.61. The molecule has 0 amide bonds. The zero-order chi connectivity index (χ0) is 9.84. The summed E-state index contributed by atoms with van der Waals surface area (Å²) in [5.74, 6) is 0.399. The highest BCUT2D eigenvalue weighted by atomic mass is 32.1. The van der Waals surface area contributed by atoms with Crippen LogP contribution in [-0.4, -0.2) is 25.2 Å². The van der Waals surface area contributed by atoms with Crippen molar-refractivity contribution < 1.29 is 14.6 Å². The number of methoxy groups -OCH3 is 2. The first kappa shape index (κ1) is 10.0. The summed E-state index contributed by atoms with van der Waals surface area (Å²) >= 11 is 1.41. The molecule has 1 aromatic rings. The Balaban J connectivity index is 2.87. The summed E-state index contributed by atoms with van der Waals surface area (Å²) in [7, 11) is 2.87. The van der Waals surface area contributed by atoms with Gasteiger partial charge in [-0.05, 0) is 0 Å². The van der Waals surface area contributed by atoms with Gasteiger partial charge in [0.2, 0.25) is 5.90 Å². The van der Waals surface area contributed by atoms with Crippen LogP contribution in [-0.2, 0) is 4.74 Å². The summed E-state index contributed by atoms with van der Waals surface area (Å²) in [6.45, 7) is 0. The van der Waals surface area contributed by atoms with Gasteiger partial charge in [-0.15, -0.1) is 11.3 Å². The molecule has 1 unspecified atom stereocenters. The maximum atomic E-state index is 9.57. The summed E-state index contributed by atoms with van der Waals surface area (Å²) < 4.78 is 9.62. The second-order valence-corrected chi connectivity index (χ2v) is 3.11. The monoisotopic (exact) mass is 201 g/mol. The van der Waals surface area contributed by atoms with Gasteiger partial charge in [0.25, 0.3) is 0 Å². The molecular weight excluding hydrogens is 190 g/mol. The number of aliphatic hydroxyl groups is 1. The predicted octanol–water partition coefficient (Wildman–Crippen LogP) is 1.41. The van der Waals surface area contributed by atoms with E-state index >= 15 is 0 Å². The number of ether oxygens (including phenoxy) is 2. The van der Waals surface area contributed by atoms with Crippen LogP contribution in [0.2, 0.25) is 0 Å². The maximum absolute atomic E-state index is 9.57. The second-order valence-electron chi connectivity index (χ2n) is 2.37. The Morgan fingerprint density at radius 1 is 1.54 bits per heavy atom. The topological polar surface area (TPSA) is 62.5 Å². The highest BCUT2D eigenvalue weighted by Crippen LogP contribution is 2.29. The molecule has 0 radical (unpaired) electrons. The van der Waals surface area contributed by atoms with E-state index in [2.05, 4.69) is 4.74 Å². The smallest absolute Gasteiger partial charge is 0.214 e. The van der Waals surface area contributed by atoms with E-state index in [0.29, 0.717) is 11.3 Å². The van der Waals surface area contributed by atoms with Crippen LogP contribution in [0.15, 0.2) is 10.8 Å². The fraction of sp³-hybridized carbons (Fsp3) is 0.375. The Hall–Kier alpha value is -1.07. The Morgan fingerprint density at radius 2 is 2.23 bits per heavy atom. The van der Waals surface area contributed by atoms with E-state index in [4.69, 9.17) is 10.1 Å². The Labute approximate surface area is 80.2 Å². The van der Waals surface area contributed by atoms with Gasteiger partial charge in [0.05, 0.1) is 14.2 Å². The quantitative estimate of drug-likeness (QED) is 0.574. The van der Waals surface area contributed by atoms with Crippen LogP contribution >= 0.6 is 11.3 Å². The average molecular weight is 201 g/mol. The molecule has 72 valence electrons. The minimum absolute atomic E-state index is 0.184. The fourth-order valence-corrected chi connectivity index (χ4v) is 1.73. The van der Waals surface area contributed by atoms with Gasteiger partial charge in [-0.25, -0.2) is 0 Å². The van der Waals surface area contributed by atoms with E-state index in [-0.39, 0.29) is 5.90 Å². The molecule has 0 aliphatic heterocycles. The minimum Gasteiger partial charge on any atom is -0.495 e. The molecule has 2 N–H and O–H groups in total. The van der Waals surface area contributed by atoms with Crippen molar-refractivity contribution in [2.24, 2.45) is 0 Å². The lowest BCUT2D eigenvalue weighted by Crippen LogP contribution is -2.12. The normalized spacial score (nSPS) is 12.2.